The lowest BCUT2D eigenvalue weighted by molar-refractivity contribution is -0.167. The van der Waals surface area contributed by atoms with Gasteiger partial charge in [0.2, 0.25) is 23.6 Å². The Morgan fingerprint density at radius 3 is 2.06 bits per heavy atom. The molecule has 0 rings (SSSR count). The largest absolute Gasteiger partial charge is 0.481 e. The molecule has 0 saturated heterocycles. The number of nitrogens with one attached hydrogen (secondary N) is 2. The Balaban J connectivity index is 5.86. The van der Waals surface area contributed by atoms with Gasteiger partial charge in [0.05, 0.1) is 12.5 Å². The summed E-state index contributed by atoms with van der Waals surface area (Å²) < 4.78 is 5.41. The first kappa shape index (κ1) is 30.9. The maximum atomic E-state index is 12.6. The summed E-state index contributed by atoms with van der Waals surface area (Å²) in [5, 5.41) is 42.4. The molecule has 4 amide bonds. The van der Waals surface area contributed by atoms with Crippen LogP contribution in [-0.4, -0.2) is 99.4 Å². The number of hydrogen-bond donors (Lipinski definition) is 8. The van der Waals surface area contributed by atoms with Gasteiger partial charge in [-0.3, -0.25) is 24.0 Å². The number of aldehydes is 1. The van der Waals surface area contributed by atoms with E-state index >= 15 is 0 Å². The van der Waals surface area contributed by atoms with Crippen molar-refractivity contribution in [3.63, 3.8) is 0 Å². The number of carboxylic acid groups (broad SMARTS) is 1. The molecule has 0 aromatic heterocycles. The van der Waals surface area contributed by atoms with Gasteiger partial charge in [-0.2, -0.15) is 0 Å². The molecule has 3 unspecified atom stereocenters. The molecule has 0 bridgehead atoms. The van der Waals surface area contributed by atoms with Gasteiger partial charge in [-0.05, 0) is 6.42 Å². The van der Waals surface area contributed by atoms with Crippen molar-refractivity contribution < 1.29 is 53.9 Å². The minimum Gasteiger partial charge on any atom is -0.481 e. The van der Waals surface area contributed by atoms with Crippen LogP contribution in [0.1, 0.15) is 33.1 Å². The average molecular weight is 492 g/mol. The fourth-order valence-corrected chi connectivity index (χ4v) is 2.78. The molecule has 7 atom stereocenters. The van der Waals surface area contributed by atoms with E-state index in [1.807, 2.05) is 0 Å². The van der Waals surface area contributed by atoms with Gasteiger partial charge >= 0.3 is 5.97 Å². The van der Waals surface area contributed by atoms with Crippen molar-refractivity contribution >= 4 is 35.9 Å². The summed E-state index contributed by atoms with van der Waals surface area (Å²) in [4.78, 5) is 70.2. The third kappa shape index (κ3) is 9.78. The Kier molecular flexibility index (Phi) is 13.5. The normalized spacial score (nSPS) is 17.2. The summed E-state index contributed by atoms with van der Waals surface area (Å²) in [5.41, 5.74) is 10.5. The van der Waals surface area contributed by atoms with E-state index in [0.29, 0.717) is 0 Å². The Labute approximate surface area is 194 Å². The third-order valence-corrected chi connectivity index (χ3v) is 4.83. The number of aliphatic hydroxyl groups is 3. The first-order valence-electron chi connectivity index (χ1n) is 10.3. The van der Waals surface area contributed by atoms with Crippen LogP contribution in [0.15, 0.2) is 0 Å². The minimum atomic E-state index is -2.01. The van der Waals surface area contributed by atoms with E-state index in [2.05, 4.69) is 10.6 Å². The molecule has 0 aliphatic heterocycles. The van der Waals surface area contributed by atoms with Crippen molar-refractivity contribution in [2.45, 2.75) is 69.6 Å². The van der Waals surface area contributed by atoms with Crippen LogP contribution >= 0.6 is 0 Å². The number of aliphatic carboxylic acids is 1. The number of aliphatic hydroxyl groups excluding tert-OH is 3. The van der Waals surface area contributed by atoms with Gasteiger partial charge in [0.25, 0.3) is 0 Å². The second-order valence-corrected chi connectivity index (χ2v) is 7.43. The Morgan fingerprint density at radius 1 is 1.06 bits per heavy atom. The van der Waals surface area contributed by atoms with Gasteiger partial charge in [-0.15, -0.1) is 0 Å². The number of nitrogens with two attached hydrogens (primary N) is 2. The number of carbonyl (C=O) groups excluding carboxylic acids is 5. The zero-order valence-electron chi connectivity index (χ0n) is 18.7. The molecule has 0 heterocycles. The SMILES string of the molecule is CCC(=O)N[C@@H](C=O)[C@@H](OC(C(N)=O)C(C)C(=O)NC(CCC(=O)O)C(N)=O)[C@H](O)[C@H](O)CO. The van der Waals surface area contributed by atoms with Crippen LogP contribution in [0, 0.1) is 5.92 Å². The molecule has 15 heteroatoms. The molecule has 0 spiro atoms. The van der Waals surface area contributed by atoms with Gasteiger partial charge < -0.3 is 52.1 Å². The summed E-state index contributed by atoms with van der Waals surface area (Å²) in [7, 11) is 0. The monoisotopic (exact) mass is 492 g/mol. The lowest BCUT2D eigenvalue weighted by Crippen LogP contribution is -2.58. The molecule has 10 N–H and O–H groups in total. The van der Waals surface area contributed by atoms with E-state index in [-0.39, 0.29) is 19.1 Å². The molecule has 0 aromatic carbocycles. The third-order valence-electron chi connectivity index (χ3n) is 4.83. The summed E-state index contributed by atoms with van der Waals surface area (Å²) in [5.74, 6) is -6.67. The lowest BCUT2D eigenvalue weighted by atomic mass is 9.98. The fourth-order valence-electron chi connectivity index (χ4n) is 2.78. The maximum Gasteiger partial charge on any atom is 0.303 e. The average Bonchev–Trinajstić information content (AvgIpc) is 2.78. The summed E-state index contributed by atoms with van der Waals surface area (Å²) in [6.07, 6.45) is -8.32. The van der Waals surface area contributed by atoms with Crippen LogP contribution in [0.2, 0.25) is 0 Å². The predicted octanol–water partition coefficient (Wildman–Crippen LogP) is -4.50. The van der Waals surface area contributed by atoms with Crippen LogP contribution in [-0.2, 0) is 33.5 Å². The van der Waals surface area contributed by atoms with Gasteiger partial charge in [-0.1, -0.05) is 13.8 Å². The standard InChI is InChI=1S/C19H32N4O11/c1-3-12(27)22-10(6-24)16(14(30)11(26)7-25)34-15(18(21)32)8(2)19(33)23-9(17(20)31)4-5-13(28)29/h6,8-11,14-16,25-26,30H,3-5,7H2,1-2H3,(H2,20,31)(H2,21,32)(H,22,27)(H,23,33)(H,28,29)/t8?,9?,10-,11+,14+,15?,16+/m0/s1. The van der Waals surface area contributed by atoms with Gasteiger partial charge in [0.1, 0.15) is 42.8 Å². The van der Waals surface area contributed by atoms with Crippen molar-refractivity contribution in [2.75, 3.05) is 6.61 Å². The molecule has 15 nitrogen and oxygen atoms in total. The molecule has 34 heavy (non-hydrogen) atoms. The van der Waals surface area contributed by atoms with E-state index < -0.39 is 85.0 Å². The van der Waals surface area contributed by atoms with Crippen LogP contribution < -0.4 is 22.1 Å². The minimum absolute atomic E-state index is 0.0708. The number of amides is 4. The number of rotatable bonds is 17. The van der Waals surface area contributed by atoms with Crippen LogP contribution in [0.5, 0.6) is 0 Å². The molecule has 0 fully saturated rings. The molecule has 194 valence electrons. The van der Waals surface area contributed by atoms with Crippen LogP contribution in [0.25, 0.3) is 0 Å². The molecule has 0 saturated carbocycles. The van der Waals surface area contributed by atoms with Crippen LogP contribution in [0.3, 0.4) is 0 Å². The second kappa shape index (κ2) is 14.9. The zero-order chi connectivity index (χ0) is 26.6. The van der Waals surface area contributed by atoms with Gasteiger partial charge in [-0.25, -0.2) is 0 Å². The first-order chi connectivity index (χ1) is 15.8. The van der Waals surface area contributed by atoms with Crippen molar-refractivity contribution in [1.82, 2.24) is 10.6 Å². The van der Waals surface area contributed by atoms with E-state index in [0.717, 1.165) is 6.92 Å². The quantitative estimate of drug-likeness (QED) is 0.0896. The van der Waals surface area contributed by atoms with Crippen molar-refractivity contribution in [3.8, 4) is 0 Å². The van der Waals surface area contributed by atoms with Crippen LogP contribution in [0.4, 0.5) is 0 Å². The molecular weight excluding hydrogens is 460 g/mol. The Morgan fingerprint density at radius 2 is 1.65 bits per heavy atom. The number of primary amides is 2. The van der Waals surface area contributed by atoms with Gasteiger partial charge in [0, 0.05) is 12.8 Å². The molecular formula is C19H32N4O11. The highest BCUT2D eigenvalue weighted by Gasteiger charge is 2.40. The molecule has 0 aromatic rings. The van der Waals surface area contributed by atoms with Crippen molar-refractivity contribution in [3.05, 3.63) is 0 Å². The molecule has 0 radical (unpaired) electrons. The summed E-state index contributed by atoms with van der Waals surface area (Å²) >= 11 is 0. The molecule has 0 aliphatic carbocycles. The van der Waals surface area contributed by atoms with Crippen molar-refractivity contribution in [2.24, 2.45) is 17.4 Å². The molecule has 0 aliphatic rings. The van der Waals surface area contributed by atoms with E-state index in [1.165, 1.54) is 6.92 Å². The number of carbonyl (C=O) groups is 6. The number of carboxylic acids is 1. The second-order valence-electron chi connectivity index (χ2n) is 7.43. The highest BCUT2D eigenvalue weighted by molar-refractivity contribution is 5.91. The topological polar surface area (TPSA) is 269 Å². The smallest absolute Gasteiger partial charge is 0.303 e. The number of ether oxygens (including phenoxy) is 1. The summed E-state index contributed by atoms with van der Waals surface area (Å²) in [6, 6.07) is -3.02. The maximum absolute atomic E-state index is 12.6. The van der Waals surface area contributed by atoms with Crippen molar-refractivity contribution in [1.29, 1.82) is 0 Å². The Hall–Kier alpha value is -3.14. The van der Waals surface area contributed by atoms with E-state index in [1.54, 1.807) is 0 Å². The van der Waals surface area contributed by atoms with E-state index in [9.17, 15) is 39.0 Å². The fraction of sp³-hybridized carbons (Fsp3) is 0.684. The van der Waals surface area contributed by atoms with Gasteiger partial charge in [0.15, 0.2) is 0 Å². The highest BCUT2D eigenvalue weighted by atomic mass is 16.5. The highest BCUT2D eigenvalue weighted by Crippen LogP contribution is 2.17. The lowest BCUT2D eigenvalue weighted by Gasteiger charge is -2.34. The first-order valence-corrected chi connectivity index (χ1v) is 10.3. The predicted molar refractivity (Wildman–Crippen MR) is 112 cm³/mol. The Bertz CT molecular complexity index is 748. The van der Waals surface area contributed by atoms with E-state index in [4.69, 9.17) is 26.4 Å². The number of hydrogen-bond acceptors (Lipinski definition) is 10. The summed E-state index contributed by atoms with van der Waals surface area (Å²) in [6.45, 7) is 1.63. The zero-order valence-corrected chi connectivity index (χ0v) is 18.7.